The van der Waals surface area contributed by atoms with Crippen LogP contribution in [0, 0.1) is 11.6 Å². The Morgan fingerprint density at radius 2 is 1.70 bits per heavy atom. The van der Waals surface area contributed by atoms with Gasteiger partial charge in [-0.1, -0.05) is 35.3 Å². The first-order valence-electron chi connectivity index (χ1n) is 9.86. The number of carbonyl (C=O) groups excluding carboxylic acids is 2. The van der Waals surface area contributed by atoms with Gasteiger partial charge in [0.05, 0.1) is 5.56 Å². The van der Waals surface area contributed by atoms with Crippen LogP contribution in [-0.4, -0.2) is 22.5 Å². The number of hydrogen-bond donors (Lipinski definition) is 1. The molecule has 1 amide bonds. The molecule has 0 saturated heterocycles. The monoisotopic (exact) mass is 492 g/mol. The lowest BCUT2D eigenvalue weighted by molar-refractivity contribution is 0.0523. The Morgan fingerprint density at radius 1 is 1.03 bits per heavy atom. The highest BCUT2D eigenvalue weighted by molar-refractivity contribution is 6.31. The van der Waals surface area contributed by atoms with E-state index in [0.29, 0.717) is 16.7 Å². The van der Waals surface area contributed by atoms with Gasteiger partial charge in [0.25, 0.3) is 0 Å². The third-order valence-corrected chi connectivity index (χ3v) is 4.92. The van der Waals surface area contributed by atoms with Crippen LogP contribution < -0.4 is 5.32 Å². The zero-order valence-electron chi connectivity index (χ0n) is 18.0. The van der Waals surface area contributed by atoms with Crippen LogP contribution in [0.4, 0.5) is 13.6 Å². The Labute approximate surface area is 199 Å². The van der Waals surface area contributed by atoms with Gasteiger partial charge in [-0.15, -0.1) is 0 Å². The molecule has 3 rings (SSSR count). The zero-order chi connectivity index (χ0) is 24.3. The molecular formula is C24H20Cl2F2N2O3. The standard InChI is InChI=1S/C24H20Cl2F2N2O3/c1-24(2,3)33-23(32)30-12-13-11-29-20(26)10-16(13)15-8-7-14(25)9-17(15)22(31)21-18(27)5-4-6-19(21)28/h4-11H,12H2,1-3H3,(H,30,32). The highest BCUT2D eigenvalue weighted by Gasteiger charge is 2.24. The number of pyridine rings is 1. The predicted molar refractivity (Wildman–Crippen MR) is 123 cm³/mol. The molecule has 172 valence electrons. The van der Waals surface area contributed by atoms with E-state index in [0.717, 1.165) is 12.1 Å². The summed E-state index contributed by atoms with van der Waals surface area (Å²) < 4.78 is 33.9. The van der Waals surface area contributed by atoms with E-state index < -0.39 is 34.7 Å². The summed E-state index contributed by atoms with van der Waals surface area (Å²) in [7, 11) is 0. The van der Waals surface area contributed by atoms with Crippen LogP contribution in [0.25, 0.3) is 11.1 Å². The summed E-state index contributed by atoms with van der Waals surface area (Å²) in [6.07, 6.45) is 0.783. The van der Waals surface area contributed by atoms with E-state index in [2.05, 4.69) is 10.3 Å². The van der Waals surface area contributed by atoms with Gasteiger partial charge in [0.1, 0.15) is 22.4 Å². The lowest BCUT2D eigenvalue weighted by atomic mass is 9.92. The molecule has 0 aliphatic rings. The Kier molecular flexibility index (Phi) is 7.34. The van der Waals surface area contributed by atoms with Gasteiger partial charge in [0, 0.05) is 23.3 Å². The minimum Gasteiger partial charge on any atom is -0.444 e. The van der Waals surface area contributed by atoms with Gasteiger partial charge in [0.15, 0.2) is 5.78 Å². The normalized spacial score (nSPS) is 11.2. The van der Waals surface area contributed by atoms with E-state index in [1.54, 1.807) is 20.8 Å². The second-order valence-electron chi connectivity index (χ2n) is 8.14. The van der Waals surface area contributed by atoms with Crippen LogP contribution >= 0.6 is 23.2 Å². The number of benzene rings is 2. The summed E-state index contributed by atoms with van der Waals surface area (Å²) in [5.74, 6) is -2.88. The molecule has 1 aromatic heterocycles. The van der Waals surface area contributed by atoms with E-state index in [9.17, 15) is 18.4 Å². The molecule has 0 aliphatic carbocycles. The highest BCUT2D eigenvalue weighted by atomic mass is 35.5. The maximum atomic E-state index is 14.3. The maximum absolute atomic E-state index is 14.3. The second-order valence-corrected chi connectivity index (χ2v) is 8.96. The molecule has 0 fully saturated rings. The average Bonchev–Trinajstić information content (AvgIpc) is 2.71. The molecular weight excluding hydrogens is 473 g/mol. The van der Waals surface area contributed by atoms with Gasteiger partial charge in [-0.05, 0) is 67.8 Å². The summed E-state index contributed by atoms with van der Waals surface area (Å²) in [6, 6.07) is 9.06. The van der Waals surface area contributed by atoms with Crippen molar-refractivity contribution >= 4 is 35.1 Å². The average molecular weight is 493 g/mol. The number of carbonyl (C=O) groups is 2. The van der Waals surface area contributed by atoms with E-state index in [1.807, 2.05) is 0 Å². The van der Waals surface area contributed by atoms with Crippen LogP contribution in [0.15, 0.2) is 48.7 Å². The molecule has 0 atom stereocenters. The topological polar surface area (TPSA) is 68.3 Å². The van der Waals surface area contributed by atoms with Crippen molar-refractivity contribution in [3.8, 4) is 11.1 Å². The van der Waals surface area contributed by atoms with Crippen LogP contribution in [-0.2, 0) is 11.3 Å². The molecule has 9 heteroatoms. The van der Waals surface area contributed by atoms with Crippen molar-refractivity contribution in [3.63, 3.8) is 0 Å². The molecule has 0 spiro atoms. The van der Waals surface area contributed by atoms with Gasteiger partial charge in [-0.2, -0.15) is 0 Å². The zero-order valence-corrected chi connectivity index (χ0v) is 19.5. The summed E-state index contributed by atoms with van der Waals surface area (Å²) in [5, 5.41) is 2.94. The second kappa shape index (κ2) is 9.85. The fourth-order valence-electron chi connectivity index (χ4n) is 3.12. The molecule has 0 bridgehead atoms. The van der Waals surface area contributed by atoms with Crippen molar-refractivity contribution in [1.29, 1.82) is 0 Å². The van der Waals surface area contributed by atoms with E-state index in [1.165, 1.54) is 36.5 Å². The number of aromatic nitrogens is 1. The Bertz CT molecular complexity index is 1210. The van der Waals surface area contributed by atoms with Crippen LogP contribution in [0.1, 0.15) is 42.3 Å². The number of hydrogen-bond acceptors (Lipinski definition) is 4. The first-order chi connectivity index (χ1) is 15.5. The SMILES string of the molecule is CC(C)(C)OC(=O)NCc1cnc(Cl)cc1-c1ccc(Cl)cc1C(=O)c1c(F)cccc1F. The van der Waals surface area contributed by atoms with E-state index >= 15 is 0 Å². The van der Waals surface area contributed by atoms with Gasteiger partial charge in [0.2, 0.25) is 0 Å². The smallest absolute Gasteiger partial charge is 0.407 e. The molecule has 2 aromatic carbocycles. The molecule has 0 aliphatic heterocycles. The Balaban J connectivity index is 2.06. The third-order valence-electron chi connectivity index (χ3n) is 4.48. The Hall–Kier alpha value is -3.03. The van der Waals surface area contributed by atoms with Crippen molar-refractivity contribution in [2.75, 3.05) is 0 Å². The minimum absolute atomic E-state index is 0.00126. The number of nitrogens with zero attached hydrogens (tertiary/aromatic N) is 1. The molecule has 0 unspecified atom stereocenters. The molecule has 0 radical (unpaired) electrons. The largest absolute Gasteiger partial charge is 0.444 e. The van der Waals surface area contributed by atoms with E-state index in [-0.39, 0.29) is 22.3 Å². The number of ether oxygens (including phenoxy) is 1. The van der Waals surface area contributed by atoms with E-state index in [4.69, 9.17) is 27.9 Å². The molecule has 33 heavy (non-hydrogen) atoms. The molecule has 5 nitrogen and oxygen atoms in total. The summed E-state index contributed by atoms with van der Waals surface area (Å²) in [6.45, 7) is 5.19. The van der Waals surface area contributed by atoms with Gasteiger partial charge >= 0.3 is 6.09 Å². The number of halogens is 4. The minimum atomic E-state index is -0.995. The van der Waals surface area contributed by atoms with Crippen molar-refractivity contribution in [3.05, 3.63) is 87.2 Å². The first-order valence-corrected chi connectivity index (χ1v) is 10.6. The van der Waals surface area contributed by atoms with Crippen molar-refractivity contribution in [2.45, 2.75) is 32.9 Å². The lowest BCUT2D eigenvalue weighted by Crippen LogP contribution is -2.32. The quantitative estimate of drug-likeness (QED) is 0.322. The van der Waals surface area contributed by atoms with Crippen LogP contribution in [0.5, 0.6) is 0 Å². The predicted octanol–water partition coefficient (Wildman–Crippen LogP) is 6.59. The molecule has 1 heterocycles. The number of nitrogens with one attached hydrogen (secondary N) is 1. The number of amides is 1. The van der Waals surface area contributed by atoms with Gasteiger partial charge in [-0.3, -0.25) is 4.79 Å². The highest BCUT2D eigenvalue weighted by Crippen LogP contribution is 2.33. The van der Waals surface area contributed by atoms with Gasteiger partial charge in [-0.25, -0.2) is 18.6 Å². The van der Waals surface area contributed by atoms with Crippen molar-refractivity contribution < 1.29 is 23.1 Å². The summed E-state index contributed by atoms with van der Waals surface area (Å²) >= 11 is 12.2. The fraction of sp³-hybridized carbons (Fsp3) is 0.208. The number of alkyl carbamates (subject to hydrolysis) is 1. The lowest BCUT2D eigenvalue weighted by Gasteiger charge is -2.20. The Morgan fingerprint density at radius 3 is 2.33 bits per heavy atom. The third kappa shape index (κ3) is 6.06. The maximum Gasteiger partial charge on any atom is 0.407 e. The summed E-state index contributed by atoms with van der Waals surface area (Å²) in [5.41, 5.74) is -0.178. The first kappa shape index (κ1) is 24.6. The molecule has 3 aromatic rings. The van der Waals surface area contributed by atoms with Crippen LogP contribution in [0.3, 0.4) is 0 Å². The van der Waals surface area contributed by atoms with Crippen molar-refractivity contribution in [1.82, 2.24) is 10.3 Å². The molecule has 1 N–H and O–H groups in total. The van der Waals surface area contributed by atoms with Gasteiger partial charge < -0.3 is 10.1 Å². The van der Waals surface area contributed by atoms with Crippen molar-refractivity contribution in [2.24, 2.45) is 0 Å². The van der Waals surface area contributed by atoms with Crippen LogP contribution in [0.2, 0.25) is 10.2 Å². The number of ketones is 1. The fourth-order valence-corrected chi connectivity index (χ4v) is 3.45. The summed E-state index contributed by atoms with van der Waals surface area (Å²) in [4.78, 5) is 29.3. The molecule has 0 saturated carbocycles. The number of rotatable bonds is 5.